The molecule has 0 fully saturated rings. The topological polar surface area (TPSA) is 35.2 Å². The van der Waals surface area contributed by atoms with Gasteiger partial charge in [-0.05, 0) is 17.4 Å². The van der Waals surface area contributed by atoms with Gasteiger partial charge in [-0.15, -0.1) is 0 Å². The van der Waals surface area contributed by atoms with Crippen LogP contribution in [0.25, 0.3) is 10.8 Å². The summed E-state index contributed by atoms with van der Waals surface area (Å²) in [5, 5.41) is 2.34. The number of nitrogens with two attached hydrogens (primary N) is 1. The average molecular weight is 229 g/mol. The first-order chi connectivity index (χ1) is 8.18. The van der Waals surface area contributed by atoms with Gasteiger partial charge in [0.15, 0.2) is 0 Å². The van der Waals surface area contributed by atoms with E-state index in [1.165, 1.54) is 5.39 Å². The lowest BCUT2D eigenvalue weighted by Crippen LogP contribution is -2.33. The summed E-state index contributed by atoms with van der Waals surface area (Å²) in [6.07, 6.45) is 0. The average Bonchev–Trinajstić information content (AvgIpc) is 2.35. The predicted molar refractivity (Wildman–Crippen MR) is 72.3 cm³/mol. The zero-order chi connectivity index (χ0) is 12.3. The summed E-state index contributed by atoms with van der Waals surface area (Å²) in [6.45, 7) is 4.78. The Morgan fingerprint density at radius 2 is 1.76 bits per heavy atom. The minimum Gasteiger partial charge on any atom is -0.491 e. The third-order valence-electron chi connectivity index (χ3n) is 3.04. The normalized spacial score (nSPS) is 12.9. The van der Waals surface area contributed by atoms with E-state index < -0.39 is 0 Å². The Morgan fingerprint density at radius 1 is 1.06 bits per heavy atom. The Labute approximate surface area is 102 Å². The highest BCUT2D eigenvalue weighted by Crippen LogP contribution is 2.25. The number of rotatable bonds is 4. The molecule has 2 nitrogen and oxygen atoms in total. The minimum atomic E-state index is 0.0777. The second kappa shape index (κ2) is 5.19. The molecule has 0 heterocycles. The quantitative estimate of drug-likeness (QED) is 0.873. The molecule has 0 radical (unpaired) electrons. The van der Waals surface area contributed by atoms with Crippen molar-refractivity contribution in [2.75, 3.05) is 6.61 Å². The van der Waals surface area contributed by atoms with Gasteiger partial charge in [-0.3, -0.25) is 0 Å². The maximum atomic E-state index is 5.98. The van der Waals surface area contributed by atoms with Gasteiger partial charge in [0.2, 0.25) is 0 Å². The summed E-state index contributed by atoms with van der Waals surface area (Å²) in [6, 6.07) is 14.4. The molecule has 90 valence electrons. The summed E-state index contributed by atoms with van der Waals surface area (Å²) in [5.74, 6) is 1.35. The van der Waals surface area contributed by atoms with Crippen molar-refractivity contribution in [1.82, 2.24) is 0 Å². The van der Waals surface area contributed by atoms with Crippen LogP contribution >= 0.6 is 0 Å². The summed E-state index contributed by atoms with van der Waals surface area (Å²) in [4.78, 5) is 0. The lowest BCUT2D eigenvalue weighted by atomic mass is 10.1. The van der Waals surface area contributed by atoms with E-state index in [-0.39, 0.29) is 6.04 Å². The van der Waals surface area contributed by atoms with E-state index in [0.29, 0.717) is 12.5 Å². The molecule has 2 N–H and O–H groups in total. The molecule has 0 aliphatic carbocycles. The third kappa shape index (κ3) is 2.77. The first-order valence-corrected chi connectivity index (χ1v) is 6.04. The van der Waals surface area contributed by atoms with Crippen LogP contribution in [-0.4, -0.2) is 12.6 Å². The molecule has 2 rings (SSSR count). The monoisotopic (exact) mass is 229 g/mol. The Morgan fingerprint density at radius 3 is 2.53 bits per heavy atom. The van der Waals surface area contributed by atoms with Gasteiger partial charge in [0.1, 0.15) is 12.4 Å². The molecule has 0 aromatic heterocycles. The molecule has 0 aliphatic rings. The van der Waals surface area contributed by atoms with E-state index >= 15 is 0 Å². The minimum absolute atomic E-state index is 0.0777. The molecule has 0 saturated carbocycles. The van der Waals surface area contributed by atoms with E-state index in [4.69, 9.17) is 10.5 Å². The highest BCUT2D eigenvalue weighted by atomic mass is 16.5. The highest BCUT2D eigenvalue weighted by Gasteiger charge is 2.09. The Bertz CT molecular complexity index is 488. The molecule has 2 aromatic rings. The molecule has 2 aromatic carbocycles. The molecular formula is C15H19NO. The summed E-state index contributed by atoms with van der Waals surface area (Å²) < 4.78 is 5.82. The maximum Gasteiger partial charge on any atom is 0.127 e. The van der Waals surface area contributed by atoms with Gasteiger partial charge in [0.25, 0.3) is 0 Å². The van der Waals surface area contributed by atoms with Crippen LogP contribution in [0.3, 0.4) is 0 Å². The summed E-state index contributed by atoms with van der Waals surface area (Å²) in [7, 11) is 0. The Balaban J connectivity index is 2.19. The third-order valence-corrected chi connectivity index (χ3v) is 3.04. The second-order valence-corrected chi connectivity index (χ2v) is 4.70. The van der Waals surface area contributed by atoms with Crippen molar-refractivity contribution in [1.29, 1.82) is 0 Å². The van der Waals surface area contributed by atoms with Crippen LogP contribution in [0.1, 0.15) is 13.8 Å². The zero-order valence-electron chi connectivity index (χ0n) is 10.4. The Kier molecular flexibility index (Phi) is 3.64. The first-order valence-electron chi connectivity index (χ1n) is 6.04. The number of ether oxygens (including phenoxy) is 1. The number of hydrogen-bond acceptors (Lipinski definition) is 2. The van der Waals surface area contributed by atoms with Crippen molar-refractivity contribution in [2.45, 2.75) is 19.9 Å². The number of benzene rings is 2. The van der Waals surface area contributed by atoms with Crippen LogP contribution in [-0.2, 0) is 0 Å². The van der Waals surface area contributed by atoms with E-state index in [2.05, 4.69) is 32.0 Å². The largest absolute Gasteiger partial charge is 0.491 e. The fourth-order valence-corrected chi connectivity index (χ4v) is 1.70. The second-order valence-electron chi connectivity index (χ2n) is 4.70. The number of hydrogen-bond donors (Lipinski definition) is 1. The van der Waals surface area contributed by atoms with Crippen molar-refractivity contribution in [3.8, 4) is 5.75 Å². The molecule has 0 unspecified atom stereocenters. The predicted octanol–water partition coefficient (Wildman–Crippen LogP) is 3.20. The molecule has 0 bridgehead atoms. The standard InChI is InChI=1S/C15H19NO/c1-11(2)14(16)10-17-15-9-5-7-12-6-3-4-8-13(12)15/h3-9,11,14H,10,16H2,1-2H3/t14-/m1/s1. The number of fused-ring (bicyclic) bond motifs is 1. The lowest BCUT2D eigenvalue weighted by Gasteiger charge is -2.17. The van der Waals surface area contributed by atoms with Crippen molar-refractivity contribution >= 4 is 10.8 Å². The van der Waals surface area contributed by atoms with Crippen molar-refractivity contribution in [3.63, 3.8) is 0 Å². The SMILES string of the molecule is CC(C)[C@H](N)COc1cccc2ccccc12. The van der Waals surface area contributed by atoms with Crippen molar-refractivity contribution in [3.05, 3.63) is 42.5 Å². The highest BCUT2D eigenvalue weighted by molar-refractivity contribution is 5.88. The molecule has 2 heteroatoms. The van der Waals surface area contributed by atoms with E-state index in [0.717, 1.165) is 11.1 Å². The van der Waals surface area contributed by atoms with E-state index in [1.54, 1.807) is 0 Å². The van der Waals surface area contributed by atoms with Crippen LogP contribution in [0.5, 0.6) is 5.75 Å². The van der Waals surface area contributed by atoms with Crippen molar-refractivity contribution in [2.24, 2.45) is 11.7 Å². The Hall–Kier alpha value is -1.54. The van der Waals surface area contributed by atoms with Gasteiger partial charge in [-0.1, -0.05) is 50.2 Å². The summed E-state index contributed by atoms with van der Waals surface area (Å²) >= 11 is 0. The maximum absolute atomic E-state index is 5.98. The van der Waals surface area contributed by atoms with Crippen molar-refractivity contribution < 1.29 is 4.74 Å². The lowest BCUT2D eigenvalue weighted by molar-refractivity contribution is 0.262. The fourth-order valence-electron chi connectivity index (χ4n) is 1.70. The van der Waals surface area contributed by atoms with Gasteiger partial charge >= 0.3 is 0 Å². The summed E-state index contributed by atoms with van der Waals surface area (Å²) in [5.41, 5.74) is 5.98. The fraction of sp³-hybridized carbons (Fsp3) is 0.333. The zero-order valence-corrected chi connectivity index (χ0v) is 10.4. The molecule has 0 amide bonds. The van der Waals surface area contributed by atoms with Gasteiger partial charge in [0.05, 0.1) is 0 Å². The smallest absolute Gasteiger partial charge is 0.127 e. The molecule has 17 heavy (non-hydrogen) atoms. The van der Waals surface area contributed by atoms with Crippen LogP contribution in [0.2, 0.25) is 0 Å². The van der Waals surface area contributed by atoms with Gasteiger partial charge in [-0.25, -0.2) is 0 Å². The van der Waals surface area contributed by atoms with Crippen LogP contribution in [0.4, 0.5) is 0 Å². The van der Waals surface area contributed by atoms with Crippen LogP contribution in [0, 0.1) is 5.92 Å². The van der Waals surface area contributed by atoms with E-state index in [9.17, 15) is 0 Å². The molecule has 0 saturated heterocycles. The molecule has 0 aliphatic heterocycles. The van der Waals surface area contributed by atoms with Crippen LogP contribution < -0.4 is 10.5 Å². The molecular weight excluding hydrogens is 210 g/mol. The van der Waals surface area contributed by atoms with Gasteiger partial charge < -0.3 is 10.5 Å². The van der Waals surface area contributed by atoms with E-state index in [1.807, 2.05) is 24.3 Å². The van der Waals surface area contributed by atoms with Crippen LogP contribution in [0.15, 0.2) is 42.5 Å². The first kappa shape index (κ1) is 11.9. The van der Waals surface area contributed by atoms with Gasteiger partial charge in [0, 0.05) is 11.4 Å². The molecule has 0 spiro atoms. The van der Waals surface area contributed by atoms with Gasteiger partial charge in [-0.2, -0.15) is 0 Å². The molecule has 1 atom stereocenters.